The van der Waals surface area contributed by atoms with Crippen molar-refractivity contribution in [1.29, 1.82) is 0 Å². The van der Waals surface area contributed by atoms with Crippen molar-refractivity contribution in [2.75, 3.05) is 7.05 Å². The fourth-order valence-electron chi connectivity index (χ4n) is 1.48. The molecule has 0 saturated carbocycles. The number of aryl methyl sites for hydroxylation is 1. The van der Waals surface area contributed by atoms with E-state index >= 15 is 0 Å². The maximum absolute atomic E-state index is 5.20. The van der Waals surface area contributed by atoms with Crippen LogP contribution >= 0.6 is 15.9 Å². The number of aromatic nitrogens is 1. The molecule has 1 aromatic carbocycles. The van der Waals surface area contributed by atoms with Gasteiger partial charge in [-0.15, -0.1) is 0 Å². The maximum atomic E-state index is 5.20. The molecule has 0 atom stereocenters. The number of hydrogen-bond acceptors (Lipinski definition) is 3. The molecule has 14 heavy (non-hydrogen) atoms. The molecule has 2 rings (SSSR count). The van der Waals surface area contributed by atoms with Crippen LogP contribution in [0.25, 0.3) is 11.0 Å². The number of hydrogen-bond donors (Lipinski definition) is 1. The van der Waals surface area contributed by atoms with Gasteiger partial charge in [-0.3, -0.25) is 0 Å². The van der Waals surface area contributed by atoms with E-state index in [2.05, 4.69) is 32.5 Å². The monoisotopic (exact) mass is 254 g/mol. The molecule has 0 unspecified atom stereocenters. The number of nitrogens with zero attached hydrogens (tertiary/aromatic N) is 1. The Labute approximate surface area is 90.6 Å². The molecule has 0 aliphatic rings. The molecule has 0 saturated heterocycles. The van der Waals surface area contributed by atoms with Crippen LogP contribution in [0.2, 0.25) is 0 Å². The molecular formula is C10H11BrN2O. The number of nitrogens with one attached hydrogen (secondary N) is 1. The first-order valence-corrected chi connectivity index (χ1v) is 5.20. The highest BCUT2D eigenvalue weighted by atomic mass is 79.9. The van der Waals surface area contributed by atoms with Crippen molar-refractivity contribution in [1.82, 2.24) is 10.5 Å². The summed E-state index contributed by atoms with van der Waals surface area (Å²) in [4.78, 5) is 0. The molecule has 3 nitrogen and oxygen atoms in total. The second-order valence-electron chi connectivity index (χ2n) is 3.25. The summed E-state index contributed by atoms with van der Waals surface area (Å²) >= 11 is 3.47. The zero-order valence-corrected chi connectivity index (χ0v) is 9.68. The summed E-state index contributed by atoms with van der Waals surface area (Å²) in [5.41, 5.74) is 2.97. The second-order valence-corrected chi connectivity index (χ2v) is 4.11. The van der Waals surface area contributed by atoms with E-state index in [1.54, 1.807) is 0 Å². The lowest BCUT2D eigenvalue weighted by Crippen LogP contribution is -2.04. The van der Waals surface area contributed by atoms with Crippen LogP contribution in [0.4, 0.5) is 0 Å². The first kappa shape index (κ1) is 9.68. The third kappa shape index (κ3) is 1.55. The molecule has 4 heteroatoms. The van der Waals surface area contributed by atoms with E-state index in [0.29, 0.717) is 0 Å². The number of fused-ring (bicyclic) bond motifs is 1. The van der Waals surface area contributed by atoms with Crippen molar-refractivity contribution in [3.8, 4) is 0 Å². The fourth-order valence-corrected chi connectivity index (χ4v) is 2.06. The molecule has 2 aromatic rings. The summed E-state index contributed by atoms with van der Waals surface area (Å²) in [6.07, 6.45) is 0. The van der Waals surface area contributed by atoms with Crippen LogP contribution in [-0.2, 0) is 6.54 Å². The Morgan fingerprint density at radius 2 is 2.29 bits per heavy atom. The van der Waals surface area contributed by atoms with Crippen molar-refractivity contribution in [3.63, 3.8) is 0 Å². The van der Waals surface area contributed by atoms with Crippen LogP contribution in [0.1, 0.15) is 11.3 Å². The molecule has 0 amide bonds. The molecule has 1 N–H and O–H groups in total. The van der Waals surface area contributed by atoms with Gasteiger partial charge in [0.2, 0.25) is 0 Å². The van der Waals surface area contributed by atoms with Crippen LogP contribution in [-0.4, -0.2) is 12.2 Å². The van der Waals surface area contributed by atoms with Gasteiger partial charge in [0.05, 0.1) is 10.2 Å². The zero-order chi connectivity index (χ0) is 10.1. The standard InChI is InChI=1S/C10H11BrN2O/c1-6-8-3-7(5-12-2)4-9(11)10(8)14-13-6/h3-4,12H,5H2,1-2H3. The zero-order valence-electron chi connectivity index (χ0n) is 8.10. The Morgan fingerprint density at radius 3 is 3.00 bits per heavy atom. The molecule has 1 aromatic heterocycles. The molecule has 0 spiro atoms. The SMILES string of the molecule is CNCc1cc(Br)c2onc(C)c2c1. The quantitative estimate of drug-likeness (QED) is 0.896. The summed E-state index contributed by atoms with van der Waals surface area (Å²) in [5, 5.41) is 8.12. The molecule has 0 radical (unpaired) electrons. The molecule has 74 valence electrons. The van der Waals surface area contributed by atoms with Crippen LogP contribution in [0.3, 0.4) is 0 Å². The molecule has 1 heterocycles. The lowest BCUT2D eigenvalue weighted by Gasteiger charge is -2.01. The smallest absolute Gasteiger partial charge is 0.181 e. The van der Waals surface area contributed by atoms with Gasteiger partial charge >= 0.3 is 0 Å². The Morgan fingerprint density at radius 1 is 1.50 bits per heavy atom. The largest absolute Gasteiger partial charge is 0.355 e. The van der Waals surface area contributed by atoms with Crippen molar-refractivity contribution < 1.29 is 4.52 Å². The van der Waals surface area contributed by atoms with Gasteiger partial charge in [-0.05, 0) is 47.6 Å². The van der Waals surface area contributed by atoms with E-state index in [1.807, 2.05) is 20.0 Å². The first-order valence-electron chi connectivity index (χ1n) is 4.41. The first-order chi connectivity index (χ1) is 6.72. The Bertz CT molecular complexity index is 464. The molecule has 0 aliphatic heterocycles. The predicted octanol–water partition coefficient (Wildman–Crippen LogP) is 2.62. The molecule has 0 fully saturated rings. The number of benzene rings is 1. The lowest BCUT2D eigenvalue weighted by molar-refractivity contribution is 0.449. The van der Waals surface area contributed by atoms with Gasteiger partial charge in [0.25, 0.3) is 0 Å². The van der Waals surface area contributed by atoms with E-state index in [0.717, 1.165) is 27.7 Å². The van der Waals surface area contributed by atoms with Crippen molar-refractivity contribution in [2.24, 2.45) is 0 Å². The summed E-state index contributed by atoms with van der Waals surface area (Å²) in [7, 11) is 1.93. The Hall–Kier alpha value is -0.870. The third-order valence-corrected chi connectivity index (χ3v) is 2.74. The van der Waals surface area contributed by atoms with Gasteiger partial charge < -0.3 is 9.84 Å². The summed E-state index contributed by atoms with van der Waals surface area (Å²) in [5.74, 6) is 0. The van der Waals surface area contributed by atoms with Gasteiger partial charge in [0, 0.05) is 11.9 Å². The van der Waals surface area contributed by atoms with Gasteiger partial charge in [-0.25, -0.2) is 0 Å². The van der Waals surface area contributed by atoms with Crippen molar-refractivity contribution >= 4 is 26.9 Å². The Balaban J connectivity index is 2.63. The Kier molecular flexibility index (Phi) is 2.56. The minimum absolute atomic E-state index is 0.822. The van der Waals surface area contributed by atoms with Crippen LogP contribution < -0.4 is 5.32 Å². The highest BCUT2D eigenvalue weighted by molar-refractivity contribution is 9.10. The number of halogens is 1. The number of rotatable bonds is 2. The normalized spacial score (nSPS) is 11.1. The van der Waals surface area contributed by atoms with E-state index in [-0.39, 0.29) is 0 Å². The van der Waals surface area contributed by atoms with Crippen molar-refractivity contribution in [3.05, 3.63) is 27.9 Å². The lowest BCUT2D eigenvalue weighted by atomic mass is 10.1. The average molecular weight is 255 g/mol. The average Bonchev–Trinajstić information content (AvgIpc) is 2.49. The van der Waals surface area contributed by atoms with E-state index in [9.17, 15) is 0 Å². The van der Waals surface area contributed by atoms with E-state index in [4.69, 9.17) is 4.52 Å². The maximum Gasteiger partial charge on any atom is 0.181 e. The van der Waals surface area contributed by atoms with Crippen LogP contribution in [0.15, 0.2) is 21.1 Å². The van der Waals surface area contributed by atoms with Gasteiger partial charge in [0.1, 0.15) is 0 Å². The fraction of sp³-hybridized carbons (Fsp3) is 0.300. The molecule has 0 bridgehead atoms. The van der Waals surface area contributed by atoms with Crippen molar-refractivity contribution in [2.45, 2.75) is 13.5 Å². The van der Waals surface area contributed by atoms with Gasteiger partial charge in [-0.1, -0.05) is 5.16 Å². The second kappa shape index (κ2) is 3.71. The van der Waals surface area contributed by atoms with E-state index in [1.165, 1.54) is 5.56 Å². The minimum Gasteiger partial charge on any atom is -0.355 e. The highest BCUT2D eigenvalue weighted by Gasteiger charge is 2.09. The summed E-state index contributed by atoms with van der Waals surface area (Å²) in [6, 6.07) is 4.14. The van der Waals surface area contributed by atoms with E-state index < -0.39 is 0 Å². The van der Waals surface area contributed by atoms with Crippen LogP contribution in [0.5, 0.6) is 0 Å². The van der Waals surface area contributed by atoms with Gasteiger partial charge in [0.15, 0.2) is 5.58 Å². The summed E-state index contributed by atoms with van der Waals surface area (Å²) < 4.78 is 6.15. The highest BCUT2D eigenvalue weighted by Crippen LogP contribution is 2.27. The molecular weight excluding hydrogens is 244 g/mol. The minimum atomic E-state index is 0.822. The molecule has 0 aliphatic carbocycles. The predicted molar refractivity (Wildman–Crippen MR) is 59.2 cm³/mol. The summed E-state index contributed by atoms with van der Waals surface area (Å²) in [6.45, 7) is 2.79. The topological polar surface area (TPSA) is 38.1 Å². The van der Waals surface area contributed by atoms with Crippen LogP contribution in [0, 0.1) is 6.92 Å². The third-order valence-electron chi connectivity index (χ3n) is 2.15. The van der Waals surface area contributed by atoms with Gasteiger partial charge in [-0.2, -0.15) is 0 Å².